The first-order chi connectivity index (χ1) is 38.4. The minimum absolute atomic E-state index is 0.0905. The highest BCUT2D eigenvalue weighted by Crippen LogP contribution is 2.68. The molecule has 478 valence electrons. The normalized spacial score (nSPS) is 24.0. The molecular formula is C74H148FN3O2. The zero-order chi connectivity index (χ0) is 61.1. The smallest absolute Gasteiger partial charge is 0.234 e. The number of nitrogens with one attached hydrogen (secondary N) is 3. The van der Waals surface area contributed by atoms with E-state index in [0.29, 0.717) is 54.6 Å². The third-order valence-corrected chi connectivity index (χ3v) is 18.4. The van der Waals surface area contributed by atoms with E-state index in [4.69, 9.17) is 0 Å². The van der Waals surface area contributed by atoms with E-state index in [1.807, 2.05) is 13.8 Å². The molecule has 8 unspecified atom stereocenters. The number of hydrazine groups is 1. The summed E-state index contributed by atoms with van der Waals surface area (Å²) < 4.78 is 9.50. The van der Waals surface area contributed by atoms with E-state index in [9.17, 15) is 14.0 Å². The van der Waals surface area contributed by atoms with Crippen molar-refractivity contribution in [3.05, 3.63) is 24.3 Å². The quantitative estimate of drug-likeness (QED) is 0.0348. The van der Waals surface area contributed by atoms with Gasteiger partial charge in [-0.15, -0.1) is 0 Å². The lowest BCUT2D eigenvalue weighted by atomic mass is 9.44. The maximum absolute atomic E-state index is 13.0. The van der Waals surface area contributed by atoms with Gasteiger partial charge in [0.05, 0.1) is 7.18 Å². The van der Waals surface area contributed by atoms with Crippen molar-refractivity contribution >= 4 is 11.8 Å². The van der Waals surface area contributed by atoms with Crippen LogP contribution in [0.25, 0.3) is 0 Å². The van der Waals surface area contributed by atoms with Crippen LogP contribution in [0.15, 0.2) is 24.3 Å². The van der Waals surface area contributed by atoms with Gasteiger partial charge in [0.1, 0.15) is 0 Å². The third-order valence-electron chi connectivity index (χ3n) is 18.4. The Morgan fingerprint density at radius 3 is 1.49 bits per heavy atom. The SMILES string of the molecule is CC.CCC.CCC.CCCC.CCCC/C=C\CCCCCC.CCCCCCCC/C=C\CCCCCCCC(=O)NC1CCC2(C)C(CCC3C2CCC2(C)C3CCC2[C@H](C)CCC(=O)NNC(C)(C)CC(C)C)C1.CF. The molecule has 0 aromatic rings. The van der Waals surface area contributed by atoms with E-state index in [2.05, 4.69) is 151 Å². The number of halogens is 1. The summed E-state index contributed by atoms with van der Waals surface area (Å²) in [6, 6.07) is 0.384. The fourth-order valence-electron chi connectivity index (χ4n) is 14.2. The Hall–Kier alpha value is -1.69. The van der Waals surface area contributed by atoms with E-state index in [0.717, 1.165) is 48.9 Å². The van der Waals surface area contributed by atoms with E-state index in [-0.39, 0.29) is 11.4 Å². The summed E-state index contributed by atoms with van der Waals surface area (Å²) in [6.45, 7) is 40.2. The van der Waals surface area contributed by atoms with Crippen molar-refractivity contribution in [3.63, 3.8) is 0 Å². The summed E-state index contributed by atoms with van der Waals surface area (Å²) in [6.07, 6.45) is 57.5. The fraction of sp³-hybridized carbons (Fsp3) is 0.919. The summed E-state index contributed by atoms with van der Waals surface area (Å²) in [5, 5.41) is 3.51. The molecule has 0 aliphatic heterocycles. The monoisotopic (exact) mass is 1130 g/mol. The Labute approximate surface area is 503 Å². The number of unbranched alkanes of at least 4 members (excludes halogenated alkanes) is 18. The molecule has 4 fully saturated rings. The van der Waals surface area contributed by atoms with Crippen LogP contribution >= 0.6 is 0 Å². The Bertz CT molecular complexity index is 1420. The number of allylic oxidation sites excluding steroid dienone is 4. The topological polar surface area (TPSA) is 70.2 Å². The Kier molecular flexibility index (Phi) is 55.7. The minimum atomic E-state index is -0.0905. The number of fused-ring (bicyclic) bond motifs is 5. The summed E-state index contributed by atoms with van der Waals surface area (Å²) in [4.78, 5) is 25.9. The van der Waals surface area contributed by atoms with Gasteiger partial charge in [-0.25, -0.2) is 5.43 Å². The van der Waals surface area contributed by atoms with Gasteiger partial charge in [-0.1, -0.05) is 244 Å². The molecule has 9 atom stereocenters. The molecule has 4 rings (SSSR count). The van der Waals surface area contributed by atoms with Crippen LogP contribution in [0, 0.1) is 52.3 Å². The van der Waals surface area contributed by atoms with Crippen LogP contribution in [0.3, 0.4) is 0 Å². The molecule has 4 aliphatic rings. The highest BCUT2D eigenvalue weighted by molar-refractivity contribution is 5.76. The lowest BCUT2D eigenvalue weighted by Crippen LogP contribution is -2.55. The highest BCUT2D eigenvalue weighted by Gasteiger charge is 2.60. The summed E-state index contributed by atoms with van der Waals surface area (Å²) >= 11 is 0. The van der Waals surface area contributed by atoms with Crippen molar-refractivity contribution in [2.24, 2.45) is 52.3 Å². The van der Waals surface area contributed by atoms with Gasteiger partial charge < -0.3 is 5.32 Å². The van der Waals surface area contributed by atoms with Crippen molar-refractivity contribution in [2.75, 3.05) is 7.18 Å². The first-order valence-electron chi connectivity index (χ1n) is 35.5. The van der Waals surface area contributed by atoms with Gasteiger partial charge in [0, 0.05) is 24.4 Å². The van der Waals surface area contributed by atoms with Crippen LogP contribution in [0.1, 0.15) is 369 Å². The number of carbonyl (C=O) groups excluding carboxylic acids is 2. The molecule has 6 heteroatoms. The van der Waals surface area contributed by atoms with Crippen LogP contribution in [0.4, 0.5) is 4.39 Å². The van der Waals surface area contributed by atoms with Gasteiger partial charge in [0.25, 0.3) is 0 Å². The number of hydrogen-bond acceptors (Lipinski definition) is 3. The van der Waals surface area contributed by atoms with Gasteiger partial charge in [-0.2, -0.15) is 0 Å². The number of hydrogen-bond donors (Lipinski definition) is 3. The second-order valence-electron chi connectivity index (χ2n) is 26.8. The molecule has 4 aliphatic carbocycles. The molecule has 4 saturated carbocycles. The van der Waals surface area contributed by atoms with Gasteiger partial charge in [-0.3, -0.25) is 19.4 Å². The number of alkyl halides is 1. The van der Waals surface area contributed by atoms with Crippen LogP contribution in [0.2, 0.25) is 0 Å². The van der Waals surface area contributed by atoms with Crippen LogP contribution in [0.5, 0.6) is 0 Å². The maximum Gasteiger partial charge on any atom is 0.234 e. The molecule has 0 saturated heterocycles. The van der Waals surface area contributed by atoms with Gasteiger partial charge in [0.2, 0.25) is 11.8 Å². The van der Waals surface area contributed by atoms with Crippen molar-refractivity contribution < 1.29 is 14.0 Å². The first-order valence-corrected chi connectivity index (χ1v) is 35.5. The van der Waals surface area contributed by atoms with E-state index in [1.54, 1.807) is 0 Å². The fourth-order valence-corrected chi connectivity index (χ4v) is 14.2. The summed E-state index contributed by atoms with van der Waals surface area (Å²) in [7, 11) is 0.500. The van der Waals surface area contributed by atoms with Crippen LogP contribution in [-0.2, 0) is 9.59 Å². The molecule has 80 heavy (non-hydrogen) atoms. The van der Waals surface area contributed by atoms with E-state index in [1.165, 1.54) is 212 Å². The zero-order valence-electron chi connectivity index (χ0n) is 58.0. The van der Waals surface area contributed by atoms with Crippen LogP contribution in [-0.4, -0.2) is 30.6 Å². The zero-order valence-corrected chi connectivity index (χ0v) is 58.0. The molecule has 0 bridgehead atoms. The van der Waals surface area contributed by atoms with Crippen molar-refractivity contribution in [3.8, 4) is 0 Å². The second kappa shape index (κ2) is 54.0. The van der Waals surface area contributed by atoms with Gasteiger partial charge in [-0.05, 0) is 188 Å². The predicted molar refractivity (Wildman–Crippen MR) is 358 cm³/mol. The Morgan fingerprint density at radius 2 is 0.988 bits per heavy atom. The molecule has 0 aromatic carbocycles. The lowest BCUT2D eigenvalue weighted by molar-refractivity contribution is -0.128. The second-order valence-corrected chi connectivity index (χ2v) is 26.8. The number of rotatable bonds is 33. The number of amides is 2. The molecule has 0 spiro atoms. The summed E-state index contributed by atoms with van der Waals surface area (Å²) in [5.74, 6) is 5.68. The lowest BCUT2D eigenvalue weighted by Gasteiger charge is -2.61. The van der Waals surface area contributed by atoms with Gasteiger partial charge in [0.15, 0.2) is 0 Å². The highest BCUT2D eigenvalue weighted by atomic mass is 19.1. The van der Waals surface area contributed by atoms with Crippen molar-refractivity contribution in [1.29, 1.82) is 0 Å². The standard InChI is InChI=1S/C49H89N3O2.C12H24.C4H10.2C3H8.C2H6.CH3F/c1-9-10-11-12-13-14-15-16-17-18-19-20-21-22-23-24-45(53)50-40-31-33-48(7)39(35-40)26-27-41-43-29-28-42(49(43,8)34-32-44(41)48)38(4)25-30-46(54)51-52-47(5,6)36-37(2)3;1-3-5-7-9-11-12-10-8-6-4-2;1-3-4-2;2*1-3-2;2*1-2/h16-17,37-44,52H,9-15,18-36H2,1-8H3,(H,50,53)(H,51,54);9,11H,3-8,10,12H2,1-2H3;3-4H2,1-2H3;2*3H2,1-2H3;1-2H3;1H3/b17-16-;11-9-;;;;;/t38-,39?,40?,41?,42?,43?,44?,48?,49?;;;;;;/m1....../s1. The molecule has 3 N–H and O–H groups in total. The largest absolute Gasteiger partial charge is 0.353 e. The first kappa shape index (κ1) is 82.5. The molecule has 0 radical (unpaired) electrons. The summed E-state index contributed by atoms with van der Waals surface area (Å²) in [5.41, 5.74) is 7.12. The Balaban J connectivity index is -0.00000190. The average Bonchev–Trinajstić information content (AvgIpc) is 3.80. The molecule has 5 nitrogen and oxygen atoms in total. The van der Waals surface area contributed by atoms with E-state index < -0.39 is 0 Å². The minimum Gasteiger partial charge on any atom is -0.353 e. The Morgan fingerprint density at radius 1 is 0.537 bits per heavy atom. The predicted octanol–water partition coefficient (Wildman–Crippen LogP) is 24.0. The molecule has 0 heterocycles. The average molecular weight is 1130 g/mol. The third kappa shape index (κ3) is 37.6. The van der Waals surface area contributed by atoms with Crippen LogP contribution < -0.4 is 16.2 Å². The molecule has 0 aromatic heterocycles. The molecular weight excluding hydrogens is 982 g/mol. The molecule has 2 amide bonds. The number of carbonyl (C=O) groups is 2. The van der Waals surface area contributed by atoms with Crippen molar-refractivity contribution in [1.82, 2.24) is 16.2 Å². The van der Waals surface area contributed by atoms with Crippen molar-refractivity contribution in [2.45, 2.75) is 380 Å². The van der Waals surface area contributed by atoms with E-state index >= 15 is 0 Å². The maximum atomic E-state index is 13.0. The van der Waals surface area contributed by atoms with Gasteiger partial charge >= 0.3 is 0 Å².